The van der Waals surface area contributed by atoms with Crippen LogP contribution in [0.3, 0.4) is 0 Å². The third-order valence-corrected chi connectivity index (χ3v) is 3.74. The number of hydrogen-bond acceptors (Lipinski definition) is 4. The van der Waals surface area contributed by atoms with Gasteiger partial charge in [-0.05, 0) is 20.8 Å². The lowest BCUT2D eigenvalue weighted by Crippen LogP contribution is -2.13. The van der Waals surface area contributed by atoms with Crippen LogP contribution < -0.4 is 4.72 Å². The summed E-state index contributed by atoms with van der Waals surface area (Å²) in [6.45, 7) is 6.16. The van der Waals surface area contributed by atoms with Crippen LogP contribution in [0.15, 0.2) is 17.3 Å². The Kier molecular flexibility index (Phi) is 3.12. The number of H-pyrrole nitrogens is 1. The molecule has 0 atom stereocenters. The number of sulfonamides is 1. The second kappa shape index (κ2) is 4.45. The quantitative estimate of drug-likeness (QED) is 0.867. The summed E-state index contributed by atoms with van der Waals surface area (Å²) in [4.78, 5) is 4.03. The summed E-state index contributed by atoms with van der Waals surface area (Å²) >= 11 is 0. The van der Waals surface area contributed by atoms with Crippen molar-refractivity contribution in [3.05, 3.63) is 23.8 Å². The van der Waals surface area contributed by atoms with Crippen LogP contribution in [0, 0.1) is 13.8 Å². The number of rotatable bonds is 4. The van der Waals surface area contributed by atoms with Gasteiger partial charge in [-0.2, -0.15) is 13.5 Å². The Bertz CT molecular complexity index is 656. The van der Waals surface area contributed by atoms with Gasteiger partial charge >= 0.3 is 0 Å². The molecule has 98 valence electrons. The van der Waals surface area contributed by atoms with E-state index in [1.807, 2.05) is 6.92 Å². The van der Waals surface area contributed by atoms with Crippen LogP contribution in [-0.2, 0) is 16.6 Å². The zero-order valence-corrected chi connectivity index (χ0v) is 11.2. The molecule has 2 rings (SSSR count). The number of aromatic amines is 1. The van der Waals surface area contributed by atoms with Crippen LogP contribution in [-0.4, -0.2) is 28.2 Å². The maximum Gasteiger partial charge on any atom is 0.282 e. The number of aromatic nitrogens is 4. The molecular weight excluding hydrogens is 254 g/mol. The average Bonchev–Trinajstić information content (AvgIpc) is 2.84. The van der Waals surface area contributed by atoms with Crippen molar-refractivity contribution in [2.45, 2.75) is 32.3 Å². The van der Waals surface area contributed by atoms with Crippen molar-refractivity contribution in [1.82, 2.24) is 19.7 Å². The average molecular weight is 269 g/mol. The molecule has 0 amide bonds. The Morgan fingerprint density at radius 1 is 1.44 bits per heavy atom. The van der Waals surface area contributed by atoms with Gasteiger partial charge in [-0.25, -0.2) is 4.98 Å². The molecular formula is C10H15N5O2S. The van der Waals surface area contributed by atoms with Crippen molar-refractivity contribution in [3.8, 4) is 0 Å². The maximum absolute atomic E-state index is 12.1. The first-order valence-corrected chi connectivity index (χ1v) is 6.99. The van der Waals surface area contributed by atoms with Gasteiger partial charge in [0.05, 0.1) is 0 Å². The molecule has 0 aliphatic heterocycles. The molecule has 7 nitrogen and oxygen atoms in total. The van der Waals surface area contributed by atoms with Crippen molar-refractivity contribution in [2.75, 3.05) is 4.72 Å². The van der Waals surface area contributed by atoms with Crippen molar-refractivity contribution in [3.63, 3.8) is 0 Å². The van der Waals surface area contributed by atoms with E-state index < -0.39 is 10.0 Å². The molecule has 2 heterocycles. The maximum atomic E-state index is 12.1. The topological polar surface area (TPSA) is 92.7 Å². The summed E-state index contributed by atoms with van der Waals surface area (Å²) in [5.41, 5.74) is 0.781. The molecule has 0 fully saturated rings. The normalized spacial score (nSPS) is 11.7. The Balaban J connectivity index is 2.30. The van der Waals surface area contributed by atoms with E-state index in [0.29, 0.717) is 12.4 Å². The van der Waals surface area contributed by atoms with Gasteiger partial charge in [0.25, 0.3) is 10.0 Å². The van der Waals surface area contributed by atoms with E-state index in [0.717, 1.165) is 5.69 Å². The summed E-state index contributed by atoms with van der Waals surface area (Å²) in [6.07, 6.45) is 1.51. The molecule has 2 aromatic rings. The summed E-state index contributed by atoms with van der Waals surface area (Å²) in [5.74, 6) is 0.923. The molecule has 2 aromatic heterocycles. The number of nitrogens with zero attached hydrogens (tertiary/aromatic N) is 3. The molecule has 0 bridgehead atoms. The molecule has 0 saturated carbocycles. The minimum absolute atomic E-state index is 0.00232. The van der Waals surface area contributed by atoms with Crippen LogP contribution in [0.5, 0.6) is 0 Å². The predicted molar refractivity (Wildman–Crippen MR) is 66.8 cm³/mol. The number of hydrogen-bond donors (Lipinski definition) is 2. The van der Waals surface area contributed by atoms with Crippen LogP contribution in [0.1, 0.15) is 18.4 Å². The summed E-state index contributed by atoms with van der Waals surface area (Å²) in [5, 5.41) is 6.50. The summed E-state index contributed by atoms with van der Waals surface area (Å²) < 4.78 is 28.2. The van der Waals surface area contributed by atoms with E-state index in [-0.39, 0.29) is 10.8 Å². The minimum Gasteiger partial charge on any atom is -0.334 e. The smallest absolute Gasteiger partial charge is 0.282 e. The van der Waals surface area contributed by atoms with Gasteiger partial charge in [0.2, 0.25) is 0 Å². The van der Waals surface area contributed by atoms with E-state index >= 15 is 0 Å². The second-order valence-electron chi connectivity index (χ2n) is 3.95. The molecule has 0 unspecified atom stereocenters. The van der Waals surface area contributed by atoms with E-state index in [1.165, 1.54) is 6.20 Å². The number of anilines is 1. The molecule has 0 aromatic carbocycles. The molecule has 0 radical (unpaired) electrons. The molecule has 8 heteroatoms. The van der Waals surface area contributed by atoms with E-state index in [1.54, 1.807) is 24.5 Å². The number of imidazole rings is 1. The lowest BCUT2D eigenvalue weighted by atomic mass is 10.5. The van der Waals surface area contributed by atoms with Gasteiger partial charge in [-0.3, -0.25) is 9.82 Å². The Morgan fingerprint density at radius 2 is 2.17 bits per heavy atom. The highest BCUT2D eigenvalue weighted by atomic mass is 32.2. The van der Waals surface area contributed by atoms with Gasteiger partial charge in [0.1, 0.15) is 5.82 Å². The third-order valence-electron chi connectivity index (χ3n) is 2.51. The summed E-state index contributed by atoms with van der Waals surface area (Å²) in [7, 11) is -3.68. The first-order chi connectivity index (χ1) is 8.42. The monoisotopic (exact) mass is 269 g/mol. The second-order valence-corrected chi connectivity index (χ2v) is 5.58. The highest BCUT2D eigenvalue weighted by Crippen LogP contribution is 2.14. The fourth-order valence-electron chi connectivity index (χ4n) is 1.59. The van der Waals surface area contributed by atoms with Gasteiger partial charge in [0, 0.05) is 24.5 Å². The molecule has 18 heavy (non-hydrogen) atoms. The summed E-state index contributed by atoms with van der Waals surface area (Å²) in [6, 6.07) is 1.61. The van der Waals surface area contributed by atoms with Crippen molar-refractivity contribution in [1.29, 1.82) is 0 Å². The number of nitrogens with one attached hydrogen (secondary N) is 2. The third kappa shape index (κ3) is 2.37. The predicted octanol–water partition coefficient (Wildman–Crippen LogP) is 1.04. The Hall–Kier alpha value is -1.83. The molecule has 0 aliphatic carbocycles. The van der Waals surface area contributed by atoms with Gasteiger partial charge in [-0.1, -0.05) is 0 Å². The molecule has 0 spiro atoms. The van der Waals surface area contributed by atoms with Crippen molar-refractivity contribution in [2.24, 2.45) is 0 Å². The zero-order valence-electron chi connectivity index (χ0n) is 10.4. The van der Waals surface area contributed by atoms with Crippen LogP contribution in [0.4, 0.5) is 5.82 Å². The van der Waals surface area contributed by atoms with Gasteiger partial charge in [0.15, 0.2) is 10.8 Å². The number of aryl methyl sites for hydroxylation is 3. The van der Waals surface area contributed by atoms with Crippen LogP contribution in [0.2, 0.25) is 0 Å². The highest BCUT2D eigenvalue weighted by Gasteiger charge is 2.19. The SMILES string of the molecule is CCn1cc(S(=O)(=O)Nc2cc(C)[nH]n2)nc1C. The lowest BCUT2D eigenvalue weighted by Gasteiger charge is -2.00. The van der Waals surface area contributed by atoms with E-state index in [2.05, 4.69) is 19.9 Å². The van der Waals surface area contributed by atoms with Crippen molar-refractivity contribution >= 4 is 15.8 Å². The van der Waals surface area contributed by atoms with Crippen LogP contribution >= 0.6 is 0 Å². The largest absolute Gasteiger partial charge is 0.334 e. The zero-order chi connectivity index (χ0) is 13.3. The fraction of sp³-hybridized carbons (Fsp3) is 0.400. The molecule has 0 aliphatic rings. The Morgan fingerprint density at radius 3 is 2.67 bits per heavy atom. The van der Waals surface area contributed by atoms with Crippen LogP contribution in [0.25, 0.3) is 0 Å². The first-order valence-electron chi connectivity index (χ1n) is 5.51. The highest BCUT2D eigenvalue weighted by molar-refractivity contribution is 7.92. The fourth-order valence-corrected chi connectivity index (χ4v) is 2.59. The van der Waals surface area contributed by atoms with E-state index in [4.69, 9.17) is 0 Å². The lowest BCUT2D eigenvalue weighted by molar-refractivity contribution is 0.597. The van der Waals surface area contributed by atoms with Gasteiger partial charge < -0.3 is 4.57 Å². The minimum atomic E-state index is -3.68. The van der Waals surface area contributed by atoms with E-state index in [9.17, 15) is 8.42 Å². The molecule has 0 saturated heterocycles. The van der Waals surface area contributed by atoms with Gasteiger partial charge in [-0.15, -0.1) is 0 Å². The standard InChI is InChI=1S/C10H15N5O2S/c1-4-15-6-10(11-8(15)3)18(16,17)14-9-5-7(2)12-13-9/h5-6H,4H2,1-3H3,(H2,12,13,14). The van der Waals surface area contributed by atoms with Crippen molar-refractivity contribution < 1.29 is 8.42 Å². The Labute approximate surface area is 105 Å². The molecule has 2 N–H and O–H groups in total. The first kappa shape index (κ1) is 12.6.